The zero-order valence-corrected chi connectivity index (χ0v) is 12.2. The summed E-state index contributed by atoms with van der Waals surface area (Å²) in [6.07, 6.45) is 6.09. The van der Waals surface area contributed by atoms with Gasteiger partial charge >= 0.3 is 0 Å². The molecule has 0 aliphatic rings. The van der Waals surface area contributed by atoms with E-state index in [4.69, 9.17) is 5.11 Å². The molecule has 4 heteroatoms. The summed E-state index contributed by atoms with van der Waals surface area (Å²) in [5.41, 5.74) is 1.09. The molecule has 0 spiro atoms. The Morgan fingerprint density at radius 1 is 1.21 bits per heavy atom. The molecule has 0 amide bonds. The van der Waals surface area contributed by atoms with Crippen molar-refractivity contribution >= 4 is 11.5 Å². The fraction of sp³-hybridized carbons (Fsp3) is 0.667. The summed E-state index contributed by atoms with van der Waals surface area (Å²) >= 11 is 0. The molecule has 0 fully saturated rings. The van der Waals surface area contributed by atoms with Gasteiger partial charge in [0, 0.05) is 37.6 Å². The molecule has 1 rings (SSSR count). The number of anilines is 2. The van der Waals surface area contributed by atoms with Gasteiger partial charge in [-0.3, -0.25) is 0 Å². The summed E-state index contributed by atoms with van der Waals surface area (Å²) in [6, 6.07) is 4.02. The zero-order chi connectivity index (χ0) is 13.9. The Hall–Kier alpha value is -1.29. The van der Waals surface area contributed by atoms with Crippen molar-refractivity contribution in [3.05, 3.63) is 18.3 Å². The lowest BCUT2D eigenvalue weighted by Gasteiger charge is -2.17. The molecule has 1 atom stereocenters. The minimum absolute atomic E-state index is 0.270. The summed E-state index contributed by atoms with van der Waals surface area (Å²) in [7, 11) is 0. The third kappa shape index (κ3) is 6.43. The van der Waals surface area contributed by atoms with E-state index >= 15 is 0 Å². The van der Waals surface area contributed by atoms with E-state index in [9.17, 15) is 0 Å². The van der Waals surface area contributed by atoms with Crippen molar-refractivity contribution in [3.8, 4) is 0 Å². The van der Waals surface area contributed by atoms with Gasteiger partial charge in [-0.2, -0.15) is 0 Å². The molecule has 1 aromatic heterocycles. The van der Waals surface area contributed by atoms with E-state index in [1.807, 2.05) is 18.3 Å². The Labute approximate surface area is 116 Å². The van der Waals surface area contributed by atoms with Gasteiger partial charge in [-0.05, 0) is 31.2 Å². The van der Waals surface area contributed by atoms with Crippen molar-refractivity contribution in [2.24, 2.45) is 5.92 Å². The lowest BCUT2D eigenvalue weighted by Crippen LogP contribution is -2.16. The highest BCUT2D eigenvalue weighted by Crippen LogP contribution is 2.15. The van der Waals surface area contributed by atoms with Crippen LogP contribution in [0.25, 0.3) is 0 Å². The number of hydrogen-bond acceptors (Lipinski definition) is 4. The first-order chi connectivity index (χ1) is 9.30. The normalized spacial score (nSPS) is 12.2. The quantitative estimate of drug-likeness (QED) is 0.608. The van der Waals surface area contributed by atoms with Gasteiger partial charge in [-0.1, -0.05) is 20.3 Å². The SMILES string of the molecule is CCCNc1cc(NCC(CCC)CCO)ccn1. The summed E-state index contributed by atoms with van der Waals surface area (Å²) in [5, 5.41) is 15.8. The molecule has 19 heavy (non-hydrogen) atoms. The fourth-order valence-corrected chi connectivity index (χ4v) is 2.09. The van der Waals surface area contributed by atoms with Gasteiger partial charge in [0.05, 0.1) is 0 Å². The lowest BCUT2D eigenvalue weighted by molar-refractivity contribution is 0.255. The molecule has 0 radical (unpaired) electrons. The molecular weight excluding hydrogens is 238 g/mol. The van der Waals surface area contributed by atoms with Crippen LogP contribution in [0.1, 0.15) is 39.5 Å². The molecule has 1 aromatic rings. The first-order valence-corrected chi connectivity index (χ1v) is 7.34. The molecule has 0 bridgehead atoms. The monoisotopic (exact) mass is 265 g/mol. The van der Waals surface area contributed by atoms with Crippen molar-refractivity contribution in [2.75, 3.05) is 30.3 Å². The van der Waals surface area contributed by atoms with Gasteiger partial charge in [-0.15, -0.1) is 0 Å². The van der Waals surface area contributed by atoms with Crippen molar-refractivity contribution in [1.82, 2.24) is 4.98 Å². The van der Waals surface area contributed by atoms with Crippen molar-refractivity contribution in [1.29, 1.82) is 0 Å². The third-order valence-corrected chi connectivity index (χ3v) is 3.15. The maximum atomic E-state index is 9.05. The maximum Gasteiger partial charge on any atom is 0.127 e. The van der Waals surface area contributed by atoms with Gasteiger partial charge in [0.1, 0.15) is 5.82 Å². The number of aliphatic hydroxyl groups excluding tert-OH is 1. The van der Waals surface area contributed by atoms with Crippen LogP contribution < -0.4 is 10.6 Å². The number of aromatic nitrogens is 1. The predicted molar refractivity (Wildman–Crippen MR) is 81.6 cm³/mol. The third-order valence-electron chi connectivity index (χ3n) is 3.15. The molecule has 0 saturated carbocycles. The Kier molecular flexibility index (Phi) is 7.98. The Bertz CT molecular complexity index is 338. The Morgan fingerprint density at radius 3 is 2.74 bits per heavy atom. The highest BCUT2D eigenvalue weighted by atomic mass is 16.3. The summed E-state index contributed by atoms with van der Waals surface area (Å²) < 4.78 is 0. The van der Waals surface area contributed by atoms with E-state index < -0.39 is 0 Å². The molecule has 0 aliphatic heterocycles. The standard InChI is InChI=1S/C15H27N3O/c1-3-5-13(7-10-19)12-18-14-6-9-17-15(11-14)16-8-4-2/h6,9,11,13,19H,3-5,7-8,10,12H2,1-2H3,(H2,16,17,18). The Morgan fingerprint density at radius 2 is 2.05 bits per heavy atom. The summed E-state index contributed by atoms with van der Waals surface area (Å²) in [6.45, 7) is 6.44. The van der Waals surface area contributed by atoms with E-state index in [1.165, 1.54) is 0 Å². The van der Waals surface area contributed by atoms with Crippen LogP contribution in [0.15, 0.2) is 18.3 Å². The second-order valence-electron chi connectivity index (χ2n) is 4.90. The number of nitrogens with one attached hydrogen (secondary N) is 2. The van der Waals surface area contributed by atoms with Gasteiger partial charge in [0.25, 0.3) is 0 Å². The van der Waals surface area contributed by atoms with E-state index in [1.54, 1.807) is 0 Å². The van der Waals surface area contributed by atoms with Gasteiger partial charge < -0.3 is 15.7 Å². The van der Waals surface area contributed by atoms with Crippen molar-refractivity contribution in [2.45, 2.75) is 39.5 Å². The number of rotatable bonds is 10. The van der Waals surface area contributed by atoms with E-state index in [2.05, 4.69) is 29.5 Å². The average molecular weight is 265 g/mol. The van der Waals surface area contributed by atoms with Crippen LogP contribution in [0.3, 0.4) is 0 Å². The number of hydrogen-bond donors (Lipinski definition) is 3. The molecule has 3 N–H and O–H groups in total. The topological polar surface area (TPSA) is 57.2 Å². The van der Waals surface area contributed by atoms with Crippen LogP contribution in [0, 0.1) is 5.92 Å². The smallest absolute Gasteiger partial charge is 0.127 e. The van der Waals surface area contributed by atoms with E-state index in [0.717, 1.165) is 50.3 Å². The molecule has 0 aromatic carbocycles. The molecule has 1 heterocycles. The summed E-state index contributed by atoms with van der Waals surface area (Å²) in [4.78, 5) is 4.29. The fourth-order valence-electron chi connectivity index (χ4n) is 2.09. The molecule has 0 aliphatic carbocycles. The predicted octanol–water partition coefficient (Wildman–Crippen LogP) is 3.11. The highest BCUT2D eigenvalue weighted by Gasteiger charge is 2.07. The van der Waals surface area contributed by atoms with Crippen LogP contribution >= 0.6 is 0 Å². The number of pyridine rings is 1. The minimum Gasteiger partial charge on any atom is -0.396 e. The molecular formula is C15H27N3O. The zero-order valence-electron chi connectivity index (χ0n) is 12.2. The Balaban J connectivity index is 2.46. The van der Waals surface area contributed by atoms with Crippen LogP contribution in [-0.4, -0.2) is 29.8 Å². The van der Waals surface area contributed by atoms with Gasteiger partial charge in [0.2, 0.25) is 0 Å². The van der Waals surface area contributed by atoms with Crippen molar-refractivity contribution < 1.29 is 5.11 Å². The second kappa shape index (κ2) is 9.62. The molecule has 4 nitrogen and oxygen atoms in total. The second-order valence-corrected chi connectivity index (χ2v) is 4.90. The van der Waals surface area contributed by atoms with Crippen LogP contribution in [0.5, 0.6) is 0 Å². The minimum atomic E-state index is 0.270. The van der Waals surface area contributed by atoms with E-state index in [0.29, 0.717) is 5.92 Å². The van der Waals surface area contributed by atoms with Crippen LogP contribution in [0.2, 0.25) is 0 Å². The average Bonchev–Trinajstić information content (AvgIpc) is 2.43. The maximum absolute atomic E-state index is 9.05. The number of nitrogens with zero attached hydrogens (tertiary/aromatic N) is 1. The molecule has 0 saturated heterocycles. The van der Waals surface area contributed by atoms with Gasteiger partial charge in [-0.25, -0.2) is 4.98 Å². The lowest BCUT2D eigenvalue weighted by atomic mass is 10.0. The summed E-state index contributed by atoms with van der Waals surface area (Å²) in [5.74, 6) is 1.45. The van der Waals surface area contributed by atoms with Crippen LogP contribution in [0.4, 0.5) is 11.5 Å². The molecule has 108 valence electrons. The number of aliphatic hydroxyl groups is 1. The van der Waals surface area contributed by atoms with Crippen molar-refractivity contribution in [3.63, 3.8) is 0 Å². The first-order valence-electron chi connectivity index (χ1n) is 7.34. The first kappa shape index (κ1) is 15.8. The molecule has 1 unspecified atom stereocenters. The van der Waals surface area contributed by atoms with E-state index in [-0.39, 0.29) is 6.61 Å². The van der Waals surface area contributed by atoms with Gasteiger partial charge in [0.15, 0.2) is 0 Å². The highest BCUT2D eigenvalue weighted by molar-refractivity contribution is 5.51. The van der Waals surface area contributed by atoms with Crippen LogP contribution in [-0.2, 0) is 0 Å². The largest absolute Gasteiger partial charge is 0.396 e.